The highest BCUT2D eigenvalue weighted by Crippen LogP contribution is 2.46. The Morgan fingerprint density at radius 2 is 1.95 bits per heavy atom. The molecule has 1 unspecified atom stereocenters. The Hall–Kier alpha value is -3.18. The maximum absolute atomic E-state index is 14.9. The standard InChI is InChI=1S/C26H28ClF2N7O2/c1-34-9-25(10-34)11-36(12-25)24-30-8-17(27)22(33-24)31-15-5-6-18-16(7-15)19-20(23(37)35(18)2)38-13-26(28,29)21(32-19)14-3-4-14/h5-8,14,21,32H,3-4,9-13H2,1-2H3,(H,30,31,33). The quantitative estimate of drug-likeness (QED) is 0.515. The van der Waals surface area contributed by atoms with Gasteiger partial charge in [0.15, 0.2) is 12.4 Å². The van der Waals surface area contributed by atoms with Gasteiger partial charge in [-0.3, -0.25) is 4.79 Å². The number of halogens is 3. The van der Waals surface area contributed by atoms with Gasteiger partial charge in [-0.1, -0.05) is 11.6 Å². The molecule has 200 valence electrons. The van der Waals surface area contributed by atoms with E-state index in [-0.39, 0.29) is 11.7 Å². The number of benzene rings is 1. The lowest BCUT2D eigenvalue weighted by Gasteiger charge is -2.59. The number of aryl methyl sites for hydroxylation is 1. The van der Waals surface area contributed by atoms with Gasteiger partial charge < -0.3 is 29.7 Å². The van der Waals surface area contributed by atoms with E-state index < -0.39 is 24.1 Å². The van der Waals surface area contributed by atoms with Crippen molar-refractivity contribution in [2.75, 3.05) is 55.4 Å². The Labute approximate surface area is 222 Å². The lowest BCUT2D eigenvalue weighted by molar-refractivity contribution is -0.0579. The van der Waals surface area contributed by atoms with E-state index in [9.17, 15) is 13.6 Å². The molecular weight excluding hydrogens is 516 g/mol. The van der Waals surface area contributed by atoms with Gasteiger partial charge in [0.25, 0.3) is 5.56 Å². The van der Waals surface area contributed by atoms with Crippen LogP contribution in [0.3, 0.4) is 0 Å². The average Bonchev–Trinajstić information content (AvgIpc) is 3.68. The van der Waals surface area contributed by atoms with Crippen molar-refractivity contribution >= 4 is 45.6 Å². The predicted octanol–water partition coefficient (Wildman–Crippen LogP) is 3.70. The third kappa shape index (κ3) is 3.78. The van der Waals surface area contributed by atoms with Gasteiger partial charge in [0.05, 0.1) is 23.4 Å². The van der Waals surface area contributed by atoms with Crippen molar-refractivity contribution in [2.24, 2.45) is 18.4 Å². The van der Waals surface area contributed by atoms with Crippen LogP contribution in [0.1, 0.15) is 12.8 Å². The van der Waals surface area contributed by atoms with Crippen LogP contribution in [0.15, 0.2) is 29.2 Å². The van der Waals surface area contributed by atoms with Crippen molar-refractivity contribution in [2.45, 2.75) is 24.8 Å². The van der Waals surface area contributed by atoms with Gasteiger partial charge in [0, 0.05) is 49.7 Å². The molecule has 3 aliphatic heterocycles. The van der Waals surface area contributed by atoms with Crippen LogP contribution in [0.5, 0.6) is 5.75 Å². The van der Waals surface area contributed by atoms with Gasteiger partial charge in [-0.15, -0.1) is 0 Å². The summed E-state index contributed by atoms with van der Waals surface area (Å²) in [6.45, 7) is 3.15. The highest BCUT2D eigenvalue weighted by atomic mass is 35.5. The Balaban J connectivity index is 1.23. The summed E-state index contributed by atoms with van der Waals surface area (Å²) >= 11 is 6.45. The molecule has 38 heavy (non-hydrogen) atoms. The molecule has 2 N–H and O–H groups in total. The fourth-order valence-electron chi connectivity index (χ4n) is 6.22. The van der Waals surface area contributed by atoms with Gasteiger partial charge in [0.2, 0.25) is 11.7 Å². The van der Waals surface area contributed by atoms with Crippen LogP contribution in [0.25, 0.3) is 10.9 Å². The highest BCUT2D eigenvalue weighted by molar-refractivity contribution is 6.33. The van der Waals surface area contributed by atoms with Gasteiger partial charge in [-0.25, -0.2) is 13.8 Å². The number of anilines is 4. The molecule has 4 aliphatic rings. The molecule has 3 fully saturated rings. The Morgan fingerprint density at radius 3 is 2.66 bits per heavy atom. The first-order chi connectivity index (χ1) is 18.1. The molecule has 0 bridgehead atoms. The van der Waals surface area contributed by atoms with E-state index in [0.717, 1.165) is 39.0 Å². The van der Waals surface area contributed by atoms with Crippen LogP contribution >= 0.6 is 11.6 Å². The number of likely N-dealkylation sites (tertiary alicyclic amines) is 1. The zero-order valence-corrected chi connectivity index (χ0v) is 21.9. The fourth-order valence-corrected chi connectivity index (χ4v) is 6.36. The third-order valence-corrected chi connectivity index (χ3v) is 8.43. The van der Waals surface area contributed by atoms with E-state index in [2.05, 4.69) is 37.4 Å². The fraction of sp³-hybridized carbons (Fsp3) is 0.500. The summed E-state index contributed by atoms with van der Waals surface area (Å²) in [6.07, 6.45) is 3.03. The molecule has 12 heteroatoms. The minimum atomic E-state index is -3.09. The first-order valence-corrected chi connectivity index (χ1v) is 13.2. The van der Waals surface area contributed by atoms with Crippen LogP contribution in [0.4, 0.5) is 31.9 Å². The summed E-state index contributed by atoms with van der Waals surface area (Å²) in [4.78, 5) is 26.6. The number of alkyl halides is 2. The minimum absolute atomic E-state index is 0.0873. The number of hydrogen-bond donors (Lipinski definition) is 2. The third-order valence-electron chi connectivity index (χ3n) is 8.15. The molecule has 1 aliphatic carbocycles. The molecular formula is C26H28ClF2N7O2. The van der Waals surface area contributed by atoms with Crippen LogP contribution < -0.4 is 25.8 Å². The van der Waals surface area contributed by atoms with Crippen molar-refractivity contribution < 1.29 is 13.5 Å². The van der Waals surface area contributed by atoms with Crippen LogP contribution in [0.2, 0.25) is 5.02 Å². The molecule has 0 radical (unpaired) electrons. The van der Waals surface area contributed by atoms with Crippen LogP contribution in [0, 0.1) is 11.3 Å². The second-order valence-corrected chi connectivity index (χ2v) is 11.7. The molecule has 9 nitrogen and oxygen atoms in total. The van der Waals surface area contributed by atoms with E-state index in [1.807, 2.05) is 0 Å². The smallest absolute Gasteiger partial charge is 0.301 e. The average molecular weight is 544 g/mol. The summed E-state index contributed by atoms with van der Waals surface area (Å²) in [5, 5.41) is 7.23. The van der Waals surface area contributed by atoms with Crippen molar-refractivity contribution in [3.8, 4) is 5.75 Å². The maximum atomic E-state index is 14.9. The normalized spacial score (nSPS) is 23.6. The Bertz CT molecular complexity index is 1510. The van der Waals surface area contributed by atoms with Crippen molar-refractivity contribution in [1.82, 2.24) is 19.4 Å². The Morgan fingerprint density at radius 1 is 1.18 bits per heavy atom. The number of hydrogen-bond acceptors (Lipinski definition) is 8. The van der Waals surface area contributed by atoms with Gasteiger partial charge in [-0.05, 0) is 44.0 Å². The summed E-state index contributed by atoms with van der Waals surface area (Å²) in [6, 6.07) is 4.29. The molecule has 7 rings (SSSR count). The Kier molecular flexibility index (Phi) is 5.13. The van der Waals surface area contributed by atoms with E-state index in [4.69, 9.17) is 16.3 Å². The summed E-state index contributed by atoms with van der Waals surface area (Å²) in [5.41, 5.74) is 1.42. The molecule has 1 aromatic carbocycles. The number of nitrogens with zero attached hydrogens (tertiary/aromatic N) is 5. The monoisotopic (exact) mass is 543 g/mol. The molecule has 5 heterocycles. The van der Waals surface area contributed by atoms with E-state index >= 15 is 0 Å². The minimum Gasteiger partial charge on any atom is -0.480 e. The van der Waals surface area contributed by atoms with Gasteiger partial charge >= 0.3 is 5.92 Å². The lowest BCUT2D eigenvalue weighted by atomic mass is 9.73. The van der Waals surface area contributed by atoms with Crippen molar-refractivity contribution in [3.63, 3.8) is 0 Å². The highest BCUT2D eigenvalue weighted by Gasteiger charge is 2.52. The first kappa shape index (κ1) is 23.9. The second-order valence-electron chi connectivity index (χ2n) is 11.3. The number of rotatable bonds is 4. The molecule has 3 aromatic rings. The zero-order chi connectivity index (χ0) is 26.4. The van der Waals surface area contributed by atoms with Gasteiger partial charge in [-0.2, -0.15) is 4.98 Å². The summed E-state index contributed by atoms with van der Waals surface area (Å²) in [5.74, 6) is -2.28. The molecule has 1 saturated carbocycles. The summed E-state index contributed by atoms with van der Waals surface area (Å²) < 4.78 is 36.7. The van der Waals surface area contributed by atoms with Crippen LogP contribution in [-0.2, 0) is 7.05 Å². The number of fused-ring (bicyclic) bond motifs is 3. The number of pyridine rings is 1. The molecule has 2 aromatic heterocycles. The SMILES string of the molecule is CN1CC2(C1)CN(c1ncc(Cl)c(Nc3ccc4c(c3)c3c(c(=O)n4C)OCC(F)(F)C(C4CC4)N3)n1)C2. The largest absolute Gasteiger partial charge is 0.480 e. The van der Waals surface area contributed by atoms with Crippen molar-refractivity contribution in [3.05, 3.63) is 39.8 Å². The number of ether oxygens (including phenoxy) is 1. The number of aromatic nitrogens is 3. The second kappa shape index (κ2) is 8.16. The maximum Gasteiger partial charge on any atom is 0.301 e. The first-order valence-electron chi connectivity index (χ1n) is 12.8. The van der Waals surface area contributed by atoms with Crippen molar-refractivity contribution in [1.29, 1.82) is 0 Å². The predicted molar refractivity (Wildman–Crippen MR) is 142 cm³/mol. The van der Waals surface area contributed by atoms with E-state index in [0.29, 0.717) is 44.5 Å². The van der Waals surface area contributed by atoms with E-state index in [1.54, 1.807) is 31.4 Å². The number of nitrogens with one attached hydrogen (secondary N) is 2. The zero-order valence-electron chi connectivity index (χ0n) is 21.1. The topological polar surface area (TPSA) is 87.5 Å². The van der Waals surface area contributed by atoms with Crippen LogP contribution in [-0.4, -0.2) is 71.2 Å². The molecule has 0 amide bonds. The lowest BCUT2D eigenvalue weighted by Crippen LogP contribution is -2.71. The molecule has 2 saturated heterocycles. The summed E-state index contributed by atoms with van der Waals surface area (Å²) in [7, 11) is 3.73. The van der Waals surface area contributed by atoms with Gasteiger partial charge in [0.1, 0.15) is 5.02 Å². The molecule has 1 spiro atoms. The molecule has 1 atom stereocenters. The van der Waals surface area contributed by atoms with E-state index in [1.165, 1.54) is 4.57 Å².